The molecule has 3 atom stereocenters. The van der Waals surface area contributed by atoms with Crippen LogP contribution in [0.5, 0.6) is 0 Å². The molecule has 4 amide bonds. The van der Waals surface area contributed by atoms with E-state index in [0.29, 0.717) is 12.2 Å². The summed E-state index contributed by atoms with van der Waals surface area (Å²) in [5.74, 6) is -0.635. The lowest BCUT2D eigenvalue weighted by Gasteiger charge is -2.33. The van der Waals surface area contributed by atoms with E-state index in [9.17, 15) is 19.5 Å². The van der Waals surface area contributed by atoms with Gasteiger partial charge in [0.05, 0.1) is 11.9 Å². The Labute approximate surface area is 258 Å². The van der Waals surface area contributed by atoms with Gasteiger partial charge in [-0.2, -0.15) is 0 Å². The maximum atomic E-state index is 13.9. The third-order valence-corrected chi connectivity index (χ3v) is 9.33. The smallest absolute Gasteiger partial charge is 0.319 e. The standard InChI is InChI=1S/C34H42N4O4S/c1-21-16-23(3)28(24(4)17-21)37-33(42)36-27(18-25-13-8-7-9-14-25)29(39)32(41)38-20-43-34(5,6)30(38)31(40)35-19-26-15-11-10-12-22(26)2/h7-17,27,29-30,39H,18-20H2,1-6H3,(H,35,40)(H2,36,37,42). The molecule has 1 aliphatic heterocycles. The minimum Gasteiger partial charge on any atom is -0.381 e. The normalized spacial score (nSPS) is 17.2. The highest BCUT2D eigenvalue weighted by Gasteiger charge is 2.49. The van der Waals surface area contributed by atoms with Gasteiger partial charge in [-0.05, 0) is 75.8 Å². The average Bonchev–Trinajstić information content (AvgIpc) is 3.28. The highest BCUT2D eigenvalue weighted by molar-refractivity contribution is 8.00. The number of hydrogen-bond donors (Lipinski definition) is 4. The number of urea groups is 1. The minimum atomic E-state index is -1.58. The van der Waals surface area contributed by atoms with E-state index in [1.807, 2.05) is 108 Å². The number of nitrogens with one attached hydrogen (secondary N) is 3. The lowest BCUT2D eigenvalue weighted by atomic mass is 9.97. The third-order valence-electron chi connectivity index (χ3n) is 7.96. The molecule has 0 aliphatic carbocycles. The van der Waals surface area contributed by atoms with Crippen LogP contribution in [0, 0.1) is 27.7 Å². The van der Waals surface area contributed by atoms with E-state index in [2.05, 4.69) is 16.0 Å². The quantitative estimate of drug-likeness (QED) is 0.275. The van der Waals surface area contributed by atoms with Crippen LogP contribution in [0.1, 0.15) is 47.2 Å². The third kappa shape index (κ3) is 7.77. The first kappa shape index (κ1) is 32.1. The van der Waals surface area contributed by atoms with Gasteiger partial charge in [0.25, 0.3) is 5.91 Å². The molecule has 1 fully saturated rings. The molecule has 9 heteroatoms. The summed E-state index contributed by atoms with van der Waals surface area (Å²) in [5.41, 5.74) is 6.52. The molecule has 0 aromatic heterocycles. The number of aliphatic hydroxyl groups excluding tert-OH is 1. The number of aryl methyl sites for hydroxylation is 4. The Morgan fingerprint density at radius 1 is 0.953 bits per heavy atom. The van der Waals surface area contributed by atoms with Gasteiger partial charge in [-0.1, -0.05) is 72.3 Å². The number of anilines is 1. The van der Waals surface area contributed by atoms with Crippen molar-refractivity contribution in [1.82, 2.24) is 15.5 Å². The van der Waals surface area contributed by atoms with E-state index in [-0.39, 0.29) is 18.2 Å². The fourth-order valence-electron chi connectivity index (χ4n) is 5.65. The molecule has 228 valence electrons. The Morgan fingerprint density at radius 2 is 1.58 bits per heavy atom. The van der Waals surface area contributed by atoms with Gasteiger partial charge >= 0.3 is 6.03 Å². The summed E-state index contributed by atoms with van der Waals surface area (Å²) in [6, 6.07) is 18.9. The summed E-state index contributed by atoms with van der Waals surface area (Å²) in [5, 5.41) is 20.3. The monoisotopic (exact) mass is 602 g/mol. The predicted molar refractivity (Wildman–Crippen MR) is 173 cm³/mol. The number of hydrogen-bond acceptors (Lipinski definition) is 5. The number of aliphatic hydroxyl groups is 1. The molecule has 4 rings (SSSR count). The van der Waals surface area contributed by atoms with Crippen molar-refractivity contribution in [3.63, 3.8) is 0 Å². The van der Waals surface area contributed by atoms with E-state index in [1.54, 1.807) is 0 Å². The minimum absolute atomic E-state index is 0.224. The topological polar surface area (TPSA) is 111 Å². The van der Waals surface area contributed by atoms with Gasteiger partial charge in [0, 0.05) is 17.0 Å². The molecule has 43 heavy (non-hydrogen) atoms. The van der Waals surface area contributed by atoms with Gasteiger partial charge in [-0.3, -0.25) is 9.59 Å². The first-order valence-electron chi connectivity index (χ1n) is 14.5. The Kier molecular flexibility index (Phi) is 10.2. The second-order valence-corrected chi connectivity index (χ2v) is 13.4. The Hall–Kier alpha value is -3.82. The van der Waals surface area contributed by atoms with Crippen LogP contribution in [-0.4, -0.2) is 56.7 Å². The first-order chi connectivity index (χ1) is 20.4. The lowest BCUT2D eigenvalue weighted by molar-refractivity contribution is -0.147. The van der Waals surface area contributed by atoms with Crippen LogP contribution in [0.4, 0.5) is 10.5 Å². The lowest BCUT2D eigenvalue weighted by Crippen LogP contribution is -2.59. The van der Waals surface area contributed by atoms with Crippen LogP contribution in [0.2, 0.25) is 0 Å². The summed E-state index contributed by atoms with van der Waals surface area (Å²) in [4.78, 5) is 42.1. The van der Waals surface area contributed by atoms with Crippen LogP contribution in [-0.2, 0) is 22.6 Å². The van der Waals surface area contributed by atoms with Gasteiger partial charge in [0.15, 0.2) is 6.10 Å². The molecule has 1 heterocycles. The molecule has 3 unspecified atom stereocenters. The molecule has 0 saturated carbocycles. The summed E-state index contributed by atoms with van der Waals surface area (Å²) < 4.78 is -0.578. The van der Waals surface area contributed by atoms with Crippen molar-refractivity contribution >= 4 is 35.3 Å². The van der Waals surface area contributed by atoms with Crippen molar-refractivity contribution in [3.05, 3.63) is 100 Å². The number of amides is 4. The van der Waals surface area contributed by atoms with Crippen molar-refractivity contribution < 1.29 is 19.5 Å². The maximum Gasteiger partial charge on any atom is 0.319 e. The number of benzene rings is 3. The summed E-state index contributed by atoms with van der Waals surface area (Å²) in [6.45, 7) is 12.0. The average molecular weight is 603 g/mol. The van der Waals surface area contributed by atoms with Crippen molar-refractivity contribution in [2.45, 2.75) is 77.4 Å². The van der Waals surface area contributed by atoms with Crippen LogP contribution in [0.3, 0.4) is 0 Å². The van der Waals surface area contributed by atoms with Gasteiger partial charge in [0.2, 0.25) is 5.91 Å². The number of rotatable bonds is 9. The number of carbonyl (C=O) groups is 3. The molecule has 3 aromatic rings. The van der Waals surface area contributed by atoms with E-state index < -0.39 is 34.9 Å². The second-order valence-electron chi connectivity index (χ2n) is 11.8. The van der Waals surface area contributed by atoms with Crippen LogP contribution in [0.15, 0.2) is 66.7 Å². The molecule has 0 radical (unpaired) electrons. The summed E-state index contributed by atoms with van der Waals surface area (Å²) in [7, 11) is 0. The van der Waals surface area contributed by atoms with E-state index in [4.69, 9.17) is 0 Å². The van der Waals surface area contributed by atoms with Gasteiger partial charge in [0.1, 0.15) is 6.04 Å². The summed E-state index contributed by atoms with van der Waals surface area (Å²) in [6.07, 6.45) is -1.35. The SMILES string of the molecule is Cc1cc(C)c(NC(=O)NC(Cc2ccccc2)C(O)C(=O)N2CSC(C)(C)C2C(=O)NCc2ccccc2C)c(C)c1. The van der Waals surface area contributed by atoms with Gasteiger partial charge in [-0.15, -0.1) is 11.8 Å². The Bertz CT molecular complexity index is 1450. The Morgan fingerprint density at radius 3 is 2.23 bits per heavy atom. The highest BCUT2D eigenvalue weighted by atomic mass is 32.2. The van der Waals surface area contributed by atoms with Gasteiger partial charge < -0.3 is 26.0 Å². The number of nitrogens with zero attached hydrogens (tertiary/aromatic N) is 1. The fourth-order valence-corrected chi connectivity index (χ4v) is 6.79. The molecule has 0 bridgehead atoms. The Balaban J connectivity index is 1.53. The molecule has 8 nitrogen and oxygen atoms in total. The maximum absolute atomic E-state index is 13.9. The molecular formula is C34H42N4O4S. The van der Waals surface area contributed by atoms with E-state index >= 15 is 0 Å². The largest absolute Gasteiger partial charge is 0.381 e. The van der Waals surface area contributed by atoms with E-state index in [0.717, 1.165) is 33.4 Å². The predicted octanol–water partition coefficient (Wildman–Crippen LogP) is 5.01. The fraction of sp³-hybridized carbons (Fsp3) is 0.382. The molecule has 1 saturated heterocycles. The van der Waals surface area contributed by atoms with E-state index in [1.165, 1.54) is 16.7 Å². The van der Waals surface area contributed by atoms with Crippen molar-refractivity contribution in [2.75, 3.05) is 11.2 Å². The second kappa shape index (κ2) is 13.7. The number of carbonyl (C=O) groups excluding carboxylic acids is 3. The van der Waals surface area contributed by atoms with Crippen LogP contribution in [0.25, 0.3) is 0 Å². The molecule has 1 aliphatic rings. The zero-order valence-corrected chi connectivity index (χ0v) is 26.5. The molecular weight excluding hydrogens is 560 g/mol. The van der Waals surface area contributed by atoms with Crippen molar-refractivity contribution in [2.24, 2.45) is 0 Å². The highest BCUT2D eigenvalue weighted by Crippen LogP contribution is 2.40. The summed E-state index contributed by atoms with van der Waals surface area (Å²) >= 11 is 1.48. The zero-order valence-electron chi connectivity index (χ0n) is 25.7. The van der Waals surface area contributed by atoms with Crippen molar-refractivity contribution in [3.8, 4) is 0 Å². The van der Waals surface area contributed by atoms with Crippen molar-refractivity contribution in [1.29, 1.82) is 0 Å². The molecule has 4 N–H and O–H groups in total. The van der Waals surface area contributed by atoms with Gasteiger partial charge in [-0.25, -0.2) is 4.79 Å². The molecule has 0 spiro atoms. The number of thioether (sulfide) groups is 1. The first-order valence-corrected chi connectivity index (χ1v) is 15.5. The van der Waals surface area contributed by atoms with Crippen LogP contribution >= 0.6 is 11.8 Å². The van der Waals surface area contributed by atoms with Crippen LogP contribution < -0.4 is 16.0 Å². The zero-order chi connectivity index (χ0) is 31.3. The molecule has 3 aromatic carbocycles.